The SMILES string of the molecule is NCC1C2C[C@@H]3C[C@H](C2)CC1(CN)C3. The molecule has 4 aliphatic carbocycles. The van der Waals surface area contributed by atoms with Crippen LogP contribution in [0, 0.1) is 29.1 Å². The Morgan fingerprint density at radius 1 is 1.00 bits per heavy atom. The zero-order chi connectivity index (χ0) is 9.76. The summed E-state index contributed by atoms with van der Waals surface area (Å²) in [6.45, 7) is 1.76. The van der Waals surface area contributed by atoms with Gasteiger partial charge in [-0.25, -0.2) is 0 Å². The van der Waals surface area contributed by atoms with Crippen LogP contribution in [-0.4, -0.2) is 13.1 Å². The second-order valence-electron chi connectivity index (χ2n) is 6.02. The molecule has 0 aromatic rings. The molecule has 0 aromatic heterocycles. The summed E-state index contributed by atoms with van der Waals surface area (Å²) in [6.07, 6.45) is 7.19. The Morgan fingerprint density at radius 2 is 1.64 bits per heavy atom. The standard InChI is InChI=1S/C12H22N2/c13-6-11-10-2-8-1-9(3-10)5-12(11,4-8)7-14/h8-11H,1-7,13-14H2/t8-,9+,10?,11?,12?. The molecule has 5 atom stereocenters. The van der Waals surface area contributed by atoms with Gasteiger partial charge in [-0.15, -0.1) is 0 Å². The first-order valence-corrected chi connectivity index (χ1v) is 6.17. The number of hydrogen-bond donors (Lipinski definition) is 2. The predicted octanol–water partition coefficient (Wildman–Crippen LogP) is 1.35. The maximum absolute atomic E-state index is 6.04. The molecule has 2 heteroatoms. The second kappa shape index (κ2) is 2.96. The minimum absolute atomic E-state index is 0.462. The average molecular weight is 194 g/mol. The molecule has 3 unspecified atom stereocenters. The van der Waals surface area contributed by atoms with Crippen LogP contribution in [-0.2, 0) is 0 Å². The molecule has 0 amide bonds. The summed E-state index contributed by atoms with van der Waals surface area (Å²) in [5.74, 6) is 3.67. The molecule has 4 fully saturated rings. The van der Waals surface area contributed by atoms with Gasteiger partial charge in [-0.1, -0.05) is 0 Å². The fourth-order valence-electron chi connectivity index (χ4n) is 5.07. The molecular weight excluding hydrogens is 172 g/mol. The molecule has 4 N–H and O–H groups in total. The van der Waals surface area contributed by atoms with E-state index < -0.39 is 0 Å². The fourth-order valence-corrected chi connectivity index (χ4v) is 5.07. The minimum Gasteiger partial charge on any atom is -0.330 e. The Bertz CT molecular complexity index is 224. The Morgan fingerprint density at radius 3 is 2.14 bits per heavy atom. The van der Waals surface area contributed by atoms with Gasteiger partial charge in [0.15, 0.2) is 0 Å². The van der Waals surface area contributed by atoms with Crippen molar-refractivity contribution < 1.29 is 0 Å². The van der Waals surface area contributed by atoms with E-state index in [9.17, 15) is 0 Å². The van der Waals surface area contributed by atoms with Crippen LogP contribution >= 0.6 is 0 Å². The quantitative estimate of drug-likeness (QED) is 0.697. The van der Waals surface area contributed by atoms with Crippen molar-refractivity contribution >= 4 is 0 Å². The number of hydrogen-bond acceptors (Lipinski definition) is 2. The van der Waals surface area contributed by atoms with Gasteiger partial charge in [-0.3, -0.25) is 0 Å². The van der Waals surface area contributed by atoms with Gasteiger partial charge in [-0.05, 0) is 74.3 Å². The molecule has 2 nitrogen and oxygen atoms in total. The predicted molar refractivity (Wildman–Crippen MR) is 57.6 cm³/mol. The summed E-state index contributed by atoms with van der Waals surface area (Å²) in [4.78, 5) is 0. The van der Waals surface area contributed by atoms with Gasteiger partial charge in [0.05, 0.1) is 0 Å². The monoisotopic (exact) mass is 194 g/mol. The molecule has 4 rings (SSSR count). The van der Waals surface area contributed by atoms with Crippen molar-refractivity contribution in [2.45, 2.75) is 32.1 Å². The maximum atomic E-state index is 6.04. The highest BCUT2D eigenvalue weighted by atomic mass is 14.7. The van der Waals surface area contributed by atoms with E-state index in [-0.39, 0.29) is 0 Å². The van der Waals surface area contributed by atoms with E-state index in [0.29, 0.717) is 5.41 Å². The van der Waals surface area contributed by atoms with E-state index in [4.69, 9.17) is 11.5 Å². The van der Waals surface area contributed by atoms with Crippen LogP contribution in [0.15, 0.2) is 0 Å². The molecule has 0 heterocycles. The van der Waals surface area contributed by atoms with Crippen molar-refractivity contribution in [2.24, 2.45) is 40.6 Å². The van der Waals surface area contributed by atoms with E-state index in [1.165, 1.54) is 32.1 Å². The zero-order valence-corrected chi connectivity index (χ0v) is 8.91. The van der Waals surface area contributed by atoms with Crippen molar-refractivity contribution in [3.05, 3.63) is 0 Å². The third-order valence-corrected chi connectivity index (χ3v) is 5.35. The molecule has 4 aliphatic rings. The van der Waals surface area contributed by atoms with Crippen molar-refractivity contribution in [2.75, 3.05) is 13.1 Å². The molecule has 0 saturated heterocycles. The lowest BCUT2D eigenvalue weighted by Gasteiger charge is -2.61. The largest absolute Gasteiger partial charge is 0.330 e. The smallest absolute Gasteiger partial charge is 0.00171 e. The van der Waals surface area contributed by atoms with E-state index in [1.807, 2.05) is 0 Å². The summed E-state index contributed by atoms with van der Waals surface area (Å²) in [6, 6.07) is 0. The van der Waals surface area contributed by atoms with Crippen LogP contribution in [0.25, 0.3) is 0 Å². The van der Waals surface area contributed by atoms with E-state index in [1.54, 1.807) is 0 Å². The van der Waals surface area contributed by atoms with Gasteiger partial charge in [0.1, 0.15) is 0 Å². The van der Waals surface area contributed by atoms with E-state index in [2.05, 4.69) is 0 Å². The molecule has 0 aliphatic heterocycles. The van der Waals surface area contributed by atoms with Crippen molar-refractivity contribution in [3.8, 4) is 0 Å². The maximum Gasteiger partial charge on any atom is -0.00171 e. The van der Waals surface area contributed by atoms with Gasteiger partial charge in [0.2, 0.25) is 0 Å². The summed E-state index contributed by atoms with van der Waals surface area (Å²) < 4.78 is 0. The summed E-state index contributed by atoms with van der Waals surface area (Å²) in [5, 5.41) is 0. The fraction of sp³-hybridized carbons (Fsp3) is 1.00. The summed E-state index contributed by atoms with van der Waals surface area (Å²) >= 11 is 0. The highest BCUT2D eigenvalue weighted by Crippen LogP contribution is 2.62. The molecule has 0 aromatic carbocycles. The molecule has 0 spiro atoms. The Hall–Kier alpha value is -0.0800. The van der Waals surface area contributed by atoms with Gasteiger partial charge in [-0.2, -0.15) is 0 Å². The minimum atomic E-state index is 0.462. The average Bonchev–Trinajstić information content (AvgIpc) is 2.16. The lowest BCUT2D eigenvalue weighted by molar-refractivity contribution is -0.0994. The lowest BCUT2D eigenvalue weighted by Crippen LogP contribution is -2.57. The van der Waals surface area contributed by atoms with Crippen LogP contribution in [0.5, 0.6) is 0 Å². The topological polar surface area (TPSA) is 52.0 Å². The van der Waals surface area contributed by atoms with E-state index >= 15 is 0 Å². The van der Waals surface area contributed by atoms with Crippen LogP contribution < -0.4 is 11.5 Å². The van der Waals surface area contributed by atoms with Gasteiger partial charge >= 0.3 is 0 Å². The third kappa shape index (κ3) is 1.04. The first-order chi connectivity index (χ1) is 6.77. The third-order valence-electron chi connectivity index (χ3n) is 5.35. The highest BCUT2D eigenvalue weighted by Gasteiger charge is 2.55. The first-order valence-electron chi connectivity index (χ1n) is 6.17. The second-order valence-corrected chi connectivity index (χ2v) is 6.02. The van der Waals surface area contributed by atoms with Gasteiger partial charge in [0.25, 0.3) is 0 Å². The molecule has 0 radical (unpaired) electrons. The molecule has 80 valence electrons. The molecule has 4 saturated carbocycles. The van der Waals surface area contributed by atoms with E-state index in [0.717, 1.165) is 36.8 Å². The number of nitrogens with two attached hydrogens (primary N) is 2. The van der Waals surface area contributed by atoms with Crippen LogP contribution in [0.2, 0.25) is 0 Å². The van der Waals surface area contributed by atoms with Crippen molar-refractivity contribution in [3.63, 3.8) is 0 Å². The Kier molecular flexibility index (Phi) is 1.94. The first kappa shape index (κ1) is 9.17. The lowest BCUT2D eigenvalue weighted by atomic mass is 9.45. The summed E-state index contributed by atoms with van der Waals surface area (Å²) in [5.41, 5.74) is 12.5. The molecular formula is C12H22N2. The Labute approximate surface area is 86.4 Å². The van der Waals surface area contributed by atoms with Crippen LogP contribution in [0.3, 0.4) is 0 Å². The summed E-state index contributed by atoms with van der Waals surface area (Å²) in [7, 11) is 0. The van der Waals surface area contributed by atoms with Gasteiger partial charge in [0, 0.05) is 0 Å². The zero-order valence-electron chi connectivity index (χ0n) is 8.91. The molecule has 4 bridgehead atoms. The van der Waals surface area contributed by atoms with Gasteiger partial charge < -0.3 is 11.5 Å². The number of rotatable bonds is 2. The molecule has 14 heavy (non-hydrogen) atoms. The highest BCUT2D eigenvalue weighted by molar-refractivity contribution is 5.06. The Balaban J connectivity index is 1.94. The normalized spacial score (nSPS) is 55.3. The van der Waals surface area contributed by atoms with Crippen molar-refractivity contribution in [1.82, 2.24) is 0 Å². The van der Waals surface area contributed by atoms with Crippen LogP contribution in [0.1, 0.15) is 32.1 Å². The van der Waals surface area contributed by atoms with Crippen LogP contribution in [0.4, 0.5) is 0 Å². The van der Waals surface area contributed by atoms with Crippen molar-refractivity contribution in [1.29, 1.82) is 0 Å².